The van der Waals surface area contributed by atoms with Gasteiger partial charge in [-0.3, -0.25) is 4.79 Å². The van der Waals surface area contributed by atoms with Gasteiger partial charge in [0.2, 0.25) is 0 Å². The van der Waals surface area contributed by atoms with Crippen LogP contribution in [0, 0.1) is 0 Å². The minimum Gasteiger partial charge on any atom is -0.469 e. The minimum atomic E-state index is -0.232. The smallest absolute Gasteiger partial charge is 0.309 e. The number of nitrogens with one attached hydrogen (secondary N) is 1. The molecule has 0 aromatic heterocycles. The van der Waals surface area contributed by atoms with E-state index in [9.17, 15) is 4.79 Å². The molecule has 2 rings (SSSR count). The van der Waals surface area contributed by atoms with E-state index in [2.05, 4.69) is 5.32 Å². The number of esters is 1. The Hall–Kier alpha value is -2.00. The molecule has 3 nitrogen and oxygen atoms in total. The number of anilines is 1. The molecule has 2 aromatic carbocycles. The maximum absolute atomic E-state index is 11.4. The Kier molecular flexibility index (Phi) is 5.02. The van der Waals surface area contributed by atoms with Gasteiger partial charge in [-0.1, -0.05) is 35.9 Å². The van der Waals surface area contributed by atoms with E-state index >= 15 is 0 Å². The van der Waals surface area contributed by atoms with Crippen molar-refractivity contribution >= 4 is 23.3 Å². The summed E-state index contributed by atoms with van der Waals surface area (Å²) >= 11 is 5.85. The molecule has 4 heteroatoms. The van der Waals surface area contributed by atoms with Crippen LogP contribution < -0.4 is 5.32 Å². The maximum Gasteiger partial charge on any atom is 0.309 e. The lowest BCUT2D eigenvalue weighted by molar-refractivity contribution is -0.139. The van der Waals surface area contributed by atoms with Crippen LogP contribution in [0.4, 0.5) is 5.69 Å². The second-order valence-electron chi connectivity index (χ2n) is 4.38. The van der Waals surface area contributed by atoms with E-state index in [0.717, 1.165) is 16.8 Å². The third-order valence-electron chi connectivity index (χ3n) is 3.01. The van der Waals surface area contributed by atoms with Gasteiger partial charge in [0, 0.05) is 17.3 Å². The van der Waals surface area contributed by atoms with E-state index in [1.165, 1.54) is 7.11 Å². The second kappa shape index (κ2) is 6.96. The Balaban J connectivity index is 2.05. The Bertz CT molecular complexity index is 581. The second-order valence-corrected chi connectivity index (χ2v) is 4.82. The van der Waals surface area contributed by atoms with E-state index in [0.29, 0.717) is 11.6 Å². The first-order valence-electron chi connectivity index (χ1n) is 6.32. The highest BCUT2D eigenvalue weighted by molar-refractivity contribution is 6.30. The first kappa shape index (κ1) is 14.4. The molecule has 104 valence electrons. The fourth-order valence-corrected chi connectivity index (χ4v) is 2.02. The zero-order chi connectivity index (χ0) is 14.4. The predicted molar refractivity (Wildman–Crippen MR) is 80.9 cm³/mol. The summed E-state index contributed by atoms with van der Waals surface area (Å²) in [5.74, 6) is -0.232. The molecule has 0 radical (unpaired) electrons. The molecule has 20 heavy (non-hydrogen) atoms. The summed E-state index contributed by atoms with van der Waals surface area (Å²) in [6.07, 6.45) is 0.287. The molecule has 0 heterocycles. The molecule has 0 aliphatic carbocycles. The zero-order valence-corrected chi connectivity index (χ0v) is 12.0. The lowest BCUT2D eigenvalue weighted by Crippen LogP contribution is -2.09. The number of methoxy groups -OCH3 is 1. The Morgan fingerprint density at radius 3 is 2.40 bits per heavy atom. The molecule has 1 N–H and O–H groups in total. The van der Waals surface area contributed by atoms with Crippen molar-refractivity contribution in [3.8, 4) is 0 Å². The van der Waals surface area contributed by atoms with Crippen molar-refractivity contribution in [2.75, 3.05) is 12.4 Å². The SMILES string of the molecule is COC(=O)Cc1ccccc1CNc1ccc(Cl)cc1. The molecular formula is C16H16ClNO2. The van der Waals surface area contributed by atoms with Gasteiger partial charge in [0.1, 0.15) is 0 Å². The number of hydrogen-bond donors (Lipinski definition) is 1. The molecule has 0 saturated heterocycles. The largest absolute Gasteiger partial charge is 0.469 e. The van der Waals surface area contributed by atoms with Crippen LogP contribution in [-0.4, -0.2) is 13.1 Å². The Morgan fingerprint density at radius 1 is 1.10 bits per heavy atom. The molecule has 2 aromatic rings. The van der Waals surface area contributed by atoms with Gasteiger partial charge in [0.05, 0.1) is 13.5 Å². The van der Waals surface area contributed by atoms with E-state index < -0.39 is 0 Å². The van der Waals surface area contributed by atoms with Crippen LogP contribution in [0.25, 0.3) is 0 Å². The molecular weight excluding hydrogens is 274 g/mol. The highest BCUT2D eigenvalue weighted by Crippen LogP contribution is 2.16. The van der Waals surface area contributed by atoms with Crippen LogP contribution in [-0.2, 0) is 22.5 Å². The third-order valence-corrected chi connectivity index (χ3v) is 3.26. The van der Waals surface area contributed by atoms with Gasteiger partial charge in [-0.25, -0.2) is 0 Å². The zero-order valence-electron chi connectivity index (χ0n) is 11.2. The molecule has 0 atom stereocenters. The number of benzene rings is 2. The van der Waals surface area contributed by atoms with Crippen LogP contribution >= 0.6 is 11.6 Å². The average Bonchev–Trinajstić information content (AvgIpc) is 2.48. The van der Waals surface area contributed by atoms with Crippen LogP contribution in [0.1, 0.15) is 11.1 Å². The Labute approximate surface area is 123 Å². The molecule has 0 aliphatic heterocycles. The number of halogens is 1. The lowest BCUT2D eigenvalue weighted by atomic mass is 10.0. The van der Waals surface area contributed by atoms with Crippen LogP contribution in [0.3, 0.4) is 0 Å². The summed E-state index contributed by atoms with van der Waals surface area (Å²) in [7, 11) is 1.40. The summed E-state index contributed by atoms with van der Waals surface area (Å²) in [5, 5.41) is 4.02. The van der Waals surface area contributed by atoms with E-state index in [4.69, 9.17) is 16.3 Å². The van der Waals surface area contributed by atoms with Gasteiger partial charge in [-0.15, -0.1) is 0 Å². The molecule has 0 unspecified atom stereocenters. The van der Waals surface area contributed by atoms with Gasteiger partial charge >= 0.3 is 5.97 Å². The summed E-state index contributed by atoms with van der Waals surface area (Å²) < 4.78 is 4.71. The van der Waals surface area contributed by atoms with E-state index in [-0.39, 0.29) is 12.4 Å². The van der Waals surface area contributed by atoms with Crippen LogP contribution in [0.15, 0.2) is 48.5 Å². The van der Waals surface area contributed by atoms with Crippen molar-refractivity contribution in [2.24, 2.45) is 0 Å². The van der Waals surface area contributed by atoms with Crippen molar-refractivity contribution in [3.05, 3.63) is 64.7 Å². The molecule has 0 saturated carbocycles. The van der Waals surface area contributed by atoms with E-state index in [1.807, 2.05) is 48.5 Å². The van der Waals surface area contributed by atoms with Crippen molar-refractivity contribution in [1.29, 1.82) is 0 Å². The van der Waals surface area contributed by atoms with Gasteiger partial charge in [-0.05, 0) is 35.4 Å². The van der Waals surface area contributed by atoms with Crippen molar-refractivity contribution in [2.45, 2.75) is 13.0 Å². The predicted octanol–water partition coefficient (Wildman–Crippen LogP) is 3.67. The molecule has 0 fully saturated rings. The fraction of sp³-hybridized carbons (Fsp3) is 0.188. The maximum atomic E-state index is 11.4. The highest BCUT2D eigenvalue weighted by atomic mass is 35.5. The minimum absolute atomic E-state index is 0.232. The number of ether oxygens (including phenoxy) is 1. The molecule has 0 bridgehead atoms. The molecule has 0 aliphatic rings. The first-order valence-corrected chi connectivity index (χ1v) is 6.70. The van der Waals surface area contributed by atoms with Crippen molar-refractivity contribution < 1.29 is 9.53 Å². The van der Waals surface area contributed by atoms with E-state index in [1.54, 1.807) is 0 Å². The summed E-state index contributed by atoms with van der Waals surface area (Å²) in [6.45, 7) is 0.648. The van der Waals surface area contributed by atoms with Crippen molar-refractivity contribution in [3.63, 3.8) is 0 Å². The first-order chi connectivity index (χ1) is 9.69. The quantitative estimate of drug-likeness (QED) is 0.854. The third kappa shape index (κ3) is 4.00. The number of carbonyl (C=O) groups is 1. The number of hydrogen-bond acceptors (Lipinski definition) is 3. The van der Waals surface area contributed by atoms with Gasteiger partial charge in [-0.2, -0.15) is 0 Å². The van der Waals surface area contributed by atoms with Crippen LogP contribution in [0.2, 0.25) is 5.02 Å². The number of rotatable bonds is 5. The van der Waals surface area contributed by atoms with Gasteiger partial charge < -0.3 is 10.1 Å². The Morgan fingerprint density at radius 2 is 1.75 bits per heavy atom. The highest BCUT2D eigenvalue weighted by Gasteiger charge is 2.07. The monoisotopic (exact) mass is 289 g/mol. The van der Waals surface area contributed by atoms with Crippen molar-refractivity contribution in [1.82, 2.24) is 0 Å². The fourth-order valence-electron chi connectivity index (χ4n) is 1.90. The normalized spacial score (nSPS) is 10.1. The summed E-state index contributed by atoms with van der Waals surface area (Å²) in [6, 6.07) is 15.3. The van der Waals surface area contributed by atoms with Crippen LogP contribution in [0.5, 0.6) is 0 Å². The average molecular weight is 290 g/mol. The summed E-state index contributed by atoms with van der Waals surface area (Å²) in [5.41, 5.74) is 3.04. The standard InChI is InChI=1S/C16H16ClNO2/c1-20-16(19)10-12-4-2-3-5-13(12)11-18-15-8-6-14(17)7-9-15/h2-9,18H,10-11H2,1H3. The van der Waals surface area contributed by atoms with Gasteiger partial charge in [0.15, 0.2) is 0 Å². The van der Waals surface area contributed by atoms with Gasteiger partial charge in [0.25, 0.3) is 0 Å². The lowest BCUT2D eigenvalue weighted by Gasteiger charge is -2.11. The topological polar surface area (TPSA) is 38.3 Å². The molecule has 0 spiro atoms. The summed E-state index contributed by atoms with van der Waals surface area (Å²) in [4.78, 5) is 11.4. The number of carbonyl (C=O) groups excluding carboxylic acids is 1. The molecule has 0 amide bonds.